The summed E-state index contributed by atoms with van der Waals surface area (Å²) in [5.74, 6) is -1.74. The number of alkyl halides is 3. The van der Waals surface area contributed by atoms with E-state index >= 15 is 0 Å². The van der Waals surface area contributed by atoms with Gasteiger partial charge in [0, 0.05) is 18.6 Å². The predicted molar refractivity (Wildman–Crippen MR) is 360 cm³/mol. The van der Waals surface area contributed by atoms with Gasteiger partial charge in [-0.2, -0.15) is 36.5 Å². The van der Waals surface area contributed by atoms with Crippen molar-refractivity contribution in [2.75, 3.05) is 49.9 Å². The Morgan fingerprint density at radius 1 is 0.608 bits per heavy atom. The number of halogens is 8. The predicted octanol–water partition coefficient (Wildman–Crippen LogP) is 4.81. The third kappa shape index (κ3) is 25.3. The number of fused-ring (bicyclic) bond motifs is 2. The molecule has 1 aliphatic heterocycles. The Morgan fingerprint density at radius 3 is 1.40 bits per heavy atom. The normalized spacial score (nSPS) is 13.4. The van der Waals surface area contributed by atoms with Gasteiger partial charge in [-0.15, -0.1) is 12.4 Å². The number of hydrogen-bond donors (Lipinski definition) is 9. The zero-order valence-corrected chi connectivity index (χ0v) is 58.8. The number of nitrogens with two attached hydrogens (primary N) is 1. The zero-order valence-electron chi connectivity index (χ0n) is 53.5. The van der Waals surface area contributed by atoms with Crippen LogP contribution in [0.4, 0.5) is 24.5 Å². The third-order valence-electron chi connectivity index (χ3n) is 13.8. The lowest BCUT2D eigenvalue weighted by Crippen LogP contribution is -3.00. The van der Waals surface area contributed by atoms with Gasteiger partial charge in [0.05, 0.1) is 157 Å². The molecule has 1 aliphatic rings. The summed E-state index contributed by atoms with van der Waals surface area (Å²) in [7, 11) is -0.456. The van der Waals surface area contributed by atoms with Gasteiger partial charge in [0.1, 0.15) is 54.0 Å². The van der Waals surface area contributed by atoms with E-state index < -0.39 is 60.2 Å². The minimum absolute atomic E-state index is 0. The van der Waals surface area contributed by atoms with Gasteiger partial charge in [0.15, 0.2) is 0 Å². The van der Waals surface area contributed by atoms with Gasteiger partial charge in [-0.3, -0.25) is 19.4 Å². The molecule has 3 amide bonds. The van der Waals surface area contributed by atoms with E-state index in [0.29, 0.717) is 39.4 Å². The molecule has 10 N–H and O–H groups in total. The van der Waals surface area contributed by atoms with Gasteiger partial charge in [0.25, 0.3) is 17.7 Å². The Morgan fingerprint density at radius 2 is 0.990 bits per heavy atom. The average molecular weight is 1540 g/mol. The molecular formula is C62H74BCl4F3IN18O8-. The lowest BCUT2D eigenvalue weighted by molar-refractivity contribution is -0.00209. The molecule has 35 heteroatoms. The van der Waals surface area contributed by atoms with Crippen molar-refractivity contribution in [3.05, 3.63) is 129 Å². The lowest BCUT2D eigenvalue weighted by Gasteiger charge is -2.32. The molecule has 0 radical (unpaired) electrons. The van der Waals surface area contributed by atoms with Gasteiger partial charge in [-0.1, -0.05) is 42.2 Å². The van der Waals surface area contributed by atoms with E-state index in [-0.39, 0.29) is 126 Å². The van der Waals surface area contributed by atoms with E-state index in [1.165, 1.54) is 78.5 Å². The van der Waals surface area contributed by atoms with Gasteiger partial charge >= 0.3 is 7.12 Å². The van der Waals surface area contributed by atoms with E-state index in [1.807, 2.05) is 58.0 Å². The summed E-state index contributed by atoms with van der Waals surface area (Å²) in [6.07, 6.45) is 1.88. The fraction of sp³-hybridized carbons (Fsp3) is 0.403. The molecular weight excluding hydrogens is 1460 g/mol. The zero-order chi connectivity index (χ0) is 70.5. The van der Waals surface area contributed by atoms with Crippen molar-refractivity contribution >= 4 is 100 Å². The Labute approximate surface area is 598 Å². The number of pyridine rings is 3. The number of anilines is 2. The molecule has 0 saturated carbocycles. The van der Waals surface area contributed by atoms with Crippen LogP contribution in [0.15, 0.2) is 85.6 Å². The van der Waals surface area contributed by atoms with Crippen molar-refractivity contribution in [2.45, 2.75) is 123 Å². The Bertz CT molecular complexity index is 4010. The molecule has 520 valence electrons. The molecule has 1 saturated heterocycles. The highest BCUT2D eigenvalue weighted by atomic mass is 127. The molecule has 7 aromatic rings. The molecule has 0 bridgehead atoms. The fourth-order valence-corrected chi connectivity index (χ4v) is 8.19. The van der Waals surface area contributed by atoms with Crippen LogP contribution in [0.1, 0.15) is 119 Å². The summed E-state index contributed by atoms with van der Waals surface area (Å²) in [5.41, 5.74) is 4.73. The Balaban J connectivity index is 0.000000641. The monoisotopic (exact) mass is 1530 g/mol. The van der Waals surface area contributed by atoms with Crippen molar-refractivity contribution in [1.29, 1.82) is 26.3 Å². The number of amides is 3. The SMILES string of the molecule is C.CC(C)(O)[C@H](F)CNC(=O)c1cnc(-c2ccc3cc(C#N)cnn23)cc1NCC#N.CC(C)(O)[C@H](F)CNC(=O)c1cnc(Cl)cc1Cl.CC(C)(O)[C@H](F)CNC(=O)c1cnc(Cl)cc1NCC#N.CC1(C)OB(c2ccc3cc(C#N)cnn23)OC1(C)C.Cl.N#CCN.[I-]. The lowest BCUT2D eigenvalue weighted by atomic mass is 9.85. The van der Waals surface area contributed by atoms with Crippen molar-refractivity contribution in [3.63, 3.8) is 0 Å². The van der Waals surface area contributed by atoms with Crippen LogP contribution in [-0.2, 0) is 9.31 Å². The van der Waals surface area contributed by atoms with Crippen LogP contribution in [0.5, 0.6) is 0 Å². The molecule has 0 spiro atoms. The molecule has 97 heavy (non-hydrogen) atoms. The van der Waals surface area contributed by atoms with E-state index in [4.69, 9.17) is 70.4 Å². The molecule has 26 nitrogen and oxygen atoms in total. The molecule has 1 fully saturated rings. The number of carbonyl (C=O) groups is 3. The quantitative estimate of drug-likeness (QED) is 0.0241. The highest BCUT2D eigenvalue weighted by Gasteiger charge is 2.52. The number of hydrogen-bond acceptors (Lipinski definition) is 21. The highest BCUT2D eigenvalue weighted by Crippen LogP contribution is 2.37. The fourth-order valence-electron chi connectivity index (χ4n) is 7.58. The van der Waals surface area contributed by atoms with Gasteiger partial charge in [-0.05, 0) is 124 Å². The summed E-state index contributed by atoms with van der Waals surface area (Å²) >= 11 is 17.1. The van der Waals surface area contributed by atoms with Gasteiger partial charge in [-0.25, -0.2) is 32.2 Å². The van der Waals surface area contributed by atoms with Crippen LogP contribution in [0.25, 0.3) is 22.4 Å². The molecule has 8 heterocycles. The minimum Gasteiger partial charge on any atom is -1.00 e. The number of aliphatic hydroxyl groups is 3. The third-order valence-corrected chi connectivity index (χ3v) is 14.5. The van der Waals surface area contributed by atoms with Gasteiger partial charge in [0.2, 0.25) is 0 Å². The van der Waals surface area contributed by atoms with Crippen molar-refractivity contribution in [2.24, 2.45) is 5.73 Å². The molecule has 0 unspecified atom stereocenters. The van der Waals surface area contributed by atoms with E-state index in [2.05, 4.69) is 63.5 Å². The second kappa shape index (κ2) is 38.7. The number of nitrogens with zero attached hydrogens (tertiary/aromatic N) is 12. The van der Waals surface area contributed by atoms with Gasteiger partial charge < -0.3 is 80.9 Å². The second-order valence-electron chi connectivity index (χ2n) is 23.0. The molecule has 0 aromatic carbocycles. The molecule has 8 rings (SSSR count). The maximum atomic E-state index is 14.0. The summed E-state index contributed by atoms with van der Waals surface area (Å²) in [5, 5.41) is 93.1. The van der Waals surface area contributed by atoms with Crippen molar-refractivity contribution < 1.29 is 76.2 Å². The highest BCUT2D eigenvalue weighted by molar-refractivity contribution is 6.61. The second-order valence-corrected chi connectivity index (χ2v) is 24.2. The van der Waals surface area contributed by atoms with Crippen LogP contribution in [0.2, 0.25) is 15.3 Å². The maximum absolute atomic E-state index is 14.0. The first kappa shape index (κ1) is 86.8. The maximum Gasteiger partial charge on any atom is 0.514 e. The van der Waals surface area contributed by atoms with Crippen LogP contribution in [-0.4, -0.2) is 160 Å². The number of nitriles is 5. The first-order chi connectivity index (χ1) is 44.0. The topological polar surface area (TPSA) is 409 Å². The van der Waals surface area contributed by atoms with Crippen molar-refractivity contribution in [3.8, 4) is 41.7 Å². The van der Waals surface area contributed by atoms with Crippen LogP contribution in [0.3, 0.4) is 0 Å². The Kier molecular flexibility index (Phi) is 34.6. The minimum atomic E-state index is -1.66. The van der Waals surface area contributed by atoms with Crippen LogP contribution < -0.4 is 61.9 Å². The van der Waals surface area contributed by atoms with E-state index in [0.717, 1.165) is 11.1 Å². The molecule has 3 atom stereocenters. The summed E-state index contributed by atoms with van der Waals surface area (Å²) in [6, 6.07) is 24.8. The smallest absolute Gasteiger partial charge is 0.514 e. The standard InChI is InChI=1S/C21H20FN7O2.C14H16BN3O2.C13H16ClFN4O2.C11H13Cl2FN2O2.C2H4N2.CH4.ClH.HI/c1-21(2,31)19(22)12-27-20(30)15-11-26-17(8-16(15)25-6-5-23)18-4-3-14-7-13(9-24)10-28-29(14)18;1-13(2)14(3,4)20-15(19-13)12-6-5-11-7-10(8-16)9-17-18(11)12;1-13(2,21)10(15)7-19-12(20)8-6-18-11(14)5-9(8)17-4-3-16;1-11(2,18)8(14)5-16-10(17)6-4-15-9(13)3-7(6)12;3-1-2-4;;;/h3-4,7-8,10-11,19,31H,6,12H2,1-2H3,(H,25,26)(H,27,30);5-7,9H,1-4H3;5-6,10,21H,4,7H2,1-2H3,(H,17,18)(H,19,20);3-4,8,18H,5H2,1-2H3,(H,16,17);1,3H2;1H4;2*1H/p-1/t19-;;10-;8-;;;;/m1.11..../s1. The first-order valence-corrected chi connectivity index (χ1v) is 29.4. The Hall–Kier alpha value is -8.21. The van der Waals surface area contributed by atoms with E-state index in [1.54, 1.807) is 51.6 Å². The average Bonchev–Trinajstić information content (AvgIpc) is 1.62. The molecule has 7 aromatic heterocycles. The van der Waals surface area contributed by atoms with Crippen LogP contribution >= 0.6 is 47.2 Å². The van der Waals surface area contributed by atoms with Crippen LogP contribution in [0, 0.1) is 56.7 Å². The number of rotatable bonds is 18. The largest absolute Gasteiger partial charge is 1.00 e. The summed E-state index contributed by atoms with van der Waals surface area (Å²) < 4.78 is 56.4. The van der Waals surface area contributed by atoms with Crippen molar-refractivity contribution in [1.82, 2.24) is 50.1 Å². The van der Waals surface area contributed by atoms with E-state index in [9.17, 15) is 42.9 Å². The number of carbonyl (C=O) groups excluding carboxylic acids is 3. The number of aromatic nitrogens is 7. The number of nitrogens with one attached hydrogen (secondary N) is 5. The summed E-state index contributed by atoms with van der Waals surface area (Å²) in [4.78, 5) is 48.1. The summed E-state index contributed by atoms with van der Waals surface area (Å²) in [6.45, 7) is 15.0. The first-order valence-electron chi connectivity index (χ1n) is 28.3. The molecule has 0 aliphatic carbocycles.